The molecule has 23 heavy (non-hydrogen) atoms. The van der Waals surface area contributed by atoms with Crippen molar-refractivity contribution in [3.05, 3.63) is 47.0 Å². The number of ketones is 1. The summed E-state index contributed by atoms with van der Waals surface area (Å²) in [5.74, 6) is -0.578. The van der Waals surface area contributed by atoms with Crippen LogP contribution in [0.5, 0.6) is 0 Å². The maximum atomic E-state index is 12.7. The maximum Gasteiger partial charge on any atom is 0.312 e. The van der Waals surface area contributed by atoms with Crippen LogP contribution in [0, 0.1) is 0 Å². The Balaban J connectivity index is 1.58. The van der Waals surface area contributed by atoms with Crippen LogP contribution in [0.3, 0.4) is 0 Å². The van der Waals surface area contributed by atoms with Gasteiger partial charge in [-0.3, -0.25) is 9.59 Å². The first-order valence-electron chi connectivity index (χ1n) is 8.20. The van der Waals surface area contributed by atoms with Crippen LogP contribution in [0.15, 0.2) is 24.3 Å². The van der Waals surface area contributed by atoms with E-state index < -0.39 is 11.9 Å². The molecule has 0 radical (unpaired) electrons. The third-order valence-corrected chi connectivity index (χ3v) is 5.33. The second-order valence-electron chi connectivity index (χ2n) is 6.67. The van der Waals surface area contributed by atoms with Crippen LogP contribution in [-0.4, -0.2) is 26.0 Å². The molecule has 0 saturated carbocycles. The molecule has 2 aromatic heterocycles. The number of fused-ring (bicyclic) bond motifs is 2. The second-order valence-corrected chi connectivity index (χ2v) is 6.67. The summed E-state index contributed by atoms with van der Waals surface area (Å²) in [6.45, 7) is 3.79. The van der Waals surface area contributed by atoms with Gasteiger partial charge in [0.1, 0.15) is 0 Å². The normalized spacial score (nSPS) is 22.1. The standard InChI is InChI=1S/C18H20N2O3/c1-11-6-8-20-14(11)4-5-16(20)17(21)10-12-2-3-15-13(18(22)23)7-9-19(12)15/h2-5,11,13H,6-10H2,1H3,(H,22,23). The number of rotatable bonds is 4. The van der Waals surface area contributed by atoms with Crippen LogP contribution in [0.4, 0.5) is 0 Å². The van der Waals surface area contributed by atoms with E-state index in [0.717, 1.165) is 30.0 Å². The molecule has 0 fully saturated rings. The van der Waals surface area contributed by atoms with E-state index in [1.54, 1.807) is 0 Å². The predicted octanol–water partition coefficient (Wildman–Crippen LogP) is 2.79. The van der Waals surface area contributed by atoms with Gasteiger partial charge in [0, 0.05) is 30.2 Å². The van der Waals surface area contributed by atoms with E-state index >= 15 is 0 Å². The Morgan fingerprint density at radius 1 is 1.09 bits per heavy atom. The first-order chi connectivity index (χ1) is 11.1. The number of carboxylic acids is 1. The van der Waals surface area contributed by atoms with Crippen molar-refractivity contribution >= 4 is 11.8 Å². The van der Waals surface area contributed by atoms with Crippen LogP contribution < -0.4 is 0 Å². The molecule has 0 bridgehead atoms. The van der Waals surface area contributed by atoms with Crippen LogP contribution >= 0.6 is 0 Å². The first-order valence-corrected chi connectivity index (χ1v) is 8.20. The molecule has 1 N–H and O–H groups in total. The summed E-state index contributed by atoms with van der Waals surface area (Å²) >= 11 is 0. The van der Waals surface area contributed by atoms with Gasteiger partial charge in [0.25, 0.3) is 0 Å². The van der Waals surface area contributed by atoms with Crippen LogP contribution in [0.1, 0.15) is 59.2 Å². The Morgan fingerprint density at radius 2 is 1.83 bits per heavy atom. The molecule has 4 heterocycles. The summed E-state index contributed by atoms with van der Waals surface area (Å²) in [4.78, 5) is 24.0. The van der Waals surface area contributed by atoms with E-state index in [-0.39, 0.29) is 5.78 Å². The summed E-state index contributed by atoms with van der Waals surface area (Å²) in [5, 5.41) is 9.25. The van der Waals surface area contributed by atoms with Gasteiger partial charge in [-0.1, -0.05) is 6.92 Å². The number of carboxylic acid groups (broad SMARTS) is 1. The Morgan fingerprint density at radius 3 is 2.61 bits per heavy atom. The number of hydrogen-bond acceptors (Lipinski definition) is 2. The van der Waals surface area contributed by atoms with Gasteiger partial charge in [-0.05, 0) is 43.0 Å². The fourth-order valence-corrected chi connectivity index (χ4v) is 4.05. The molecule has 2 aliphatic heterocycles. The third kappa shape index (κ3) is 2.14. The van der Waals surface area contributed by atoms with Crippen molar-refractivity contribution in [1.82, 2.24) is 9.13 Å². The lowest BCUT2D eigenvalue weighted by Crippen LogP contribution is -2.13. The molecule has 5 nitrogen and oxygen atoms in total. The number of hydrogen-bond donors (Lipinski definition) is 1. The van der Waals surface area contributed by atoms with E-state index in [1.807, 2.05) is 22.8 Å². The number of nitrogens with zero attached hydrogens (tertiary/aromatic N) is 2. The summed E-state index contributed by atoms with van der Waals surface area (Å²) < 4.78 is 4.15. The zero-order chi connectivity index (χ0) is 16.1. The van der Waals surface area contributed by atoms with Gasteiger partial charge in [0.05, 0.1) is 18.0 Å². The molecular formula is C18H20N2O3. The highest BCUT2D eigenvalue weighted by Crippen LogP contribution is 2.32. The highest BCUT2D eigenvalue weighted by Gasteiger charge is 2.31. The predicted molar refractivity (Wildman–Crippen MR) is 84.9 cm³/mol. The summed E-state index contributed by atoms with van der Waals surface area (Å²) in [6.07, 6.45) is 2.05. The molecular weight excluding hydrogens is 292 g/mol. The average Bonchev–Trinajstić information content (AvgIpc) is 3.23. The van der Waals surface area contributed by atoms with Crippen molar-refractivity contribution in [2.45, 2.75) is 51.1 Å². The van der Waals surface area contributed by atoms with E-state index in [2.05, 4.69) is 17.6 Å². The SMILES string of the molecule is CC1CCn2c(C(=O)Cc3ccc4n3CCC4C(=O)O)ccc21. The van der Waals surface area contributed by atoms with Crippen molar-refractivity contribution in [2.75, 3.05) is 0 Å². The largest absolute Gasteiger partial charge is 0.481 e. The highest BCUT2D eigenvalue weighted by atomic mass is 16.4. The lowest BCUT2D eigenvalue weighted by molar-refractivity contribution is -0.138. The van der Waals surface area contributed by atoms with Crippen LogP contribution in [0.2, 0.25) is 0 Å². The monoisotopic (exact) mass is 312 g/mol. The third-order valence-electron chi connectivity index (χ3n) is 5.33. The molecule has 0 aromatic carbocycles. The zero-order valence-corrected chi connectivity index (χ0v) is 13.2. The fraction of sp³-hybridized carbons (Fsp3) is 0.444. The van der Waals surface area contributed by atoms with Gasteiger partial charge in [-0.15, -0.1) is 0 Å². The Hall–Kier alpha value is -2.30. The second kappa shape index (κ2) is 5.11. The van der Waals surface area contributed by atoms with Gasteiger partial charge < -0.3 is 14.2 Å². The van der Waals surface area contributed by atoms with Gasteiger partial charge in [-0.25, -0.2) is 0 Å². The molecule has 0 spiro atoms. The highest BCUT2D eigenvalue weighted by molar-refractivity contribution is 5.96. The van der Waals surface area contributed by atoms with Crippen molar-refractivity contribution < 1.29 is 14.7 Å². The minimum atomic E-state index is -0.780. The molecule has 4 rings (SSSR count). The quantitative estimate of drug-likeness (QED) is 0.883. The van der Waals surface area contributed by atoms with Crippen molar-refractivity contribution in [2.24, 2.45) is 0 Å². The summed E-state index contributed by atoms with van der Waals surface area (Å²) in [7, 11) is 0. The van der Waals surface area contributed by atoms with E-state index in [4.69, 9.17) is 0 Å². The van der Waals surface area contributed by atoms with E-state index in [1.165, 1.54) is 5.69 Å². The molecule has 0 amide bonds. The number of carbonyl (C=O) groups excluding carboxylic acids is 1. The summed E-state index contributed by atoms with van der Waals surface area (Å²) in [6, 6.07) is 7.76. The number of aliphatic carboxylic acids is 1. The summed E-state index contributed by atoms with van der Waals surface area (Å²) in [5.41, 5.74) is 3.79. The molecule has 5 heteroatoms. The fourth-order valence-electron chi connectivity index (χ4n) is 4.05. The van der Waals surface area contributed by atoms with Crippen molar-refractivity contribution in [3.63, 3.8) is 0 Å². The molecule has 2 aromatic rings. The van der Waals surface area contributed by atoms with Crippen molar-refractivity contribution in [3.8, 4) is 0 Å². The van der Waals surface area contributed by atoms with Gasteiger partial charge in [0.2, 0.25) is 0 Å². The first kappa shape index (κ1) is 14.3. The lowest BCUT2D eigenvalue weighted by Gasteiger charge is -2.08. The smallest absolute Gasteiger partial charge is 0.312 e. The number of aromatic nitrogens is 2. The average molecular weight is 312 g/mol. The maximum absolute atomic E-state index is 12.7. The molecule has 2 aliphatic rings. The molecule has 2 unspecified atom stereocenters. The Bertz CT molecular complexity index is 799. The van der Waals surface area contributed by atoms with Gasteiger partial charge >= 0.3 is 5.97 Å². The molecule has 2 atom stereocenters. The molecule has 0 saturated heterocycles. The number of carbonyl (C=O) groups is 2. The molecule has 120 valence electrons. The van der Waals surface area contributed by atoms with E-state index in [9.17, 15) is 14.7 Å². The van der Waals surface area contributed by atoms with Crippen LogP contribution in [-0.2, 0) is 24.3 Å². The molecule has 0 aliphatic carbocycles. The number of Topliss-reactive ketones (excluding diaryl/α,β-unsaturated/α-hetero) is 1. The zero-order valence-electron chi connectivity index (χ0n) is 13.2. The Kier molecular flexibility index (Phi) is 3.18. The topological polar surface area (TPSA) is 64.2 Å². The van der Waals surface area contributed by atoms with Gasteiger partial charge in [0.15, 0.2) is 5.78 Å². The van der Waals surface area contributed by atoms with Crippen LogP contribution in [0.25, 0.3) is 0 Å². The minimum absolute atomic E-state index is 0.116. The van der Waals surface area contributed by atoms with Gasteiger partial charge in [-0.2, -0.15) is 0 Å². The Labute approximate surface area is 134 Å². The van der Waals surface area contributed by atoms with E-state index in [0.29, 0.717) is 25.3 Å². The minimum Gasteiger partial charge on any atom is -0.481 e. The van der Waals surface area contributed by atoms with Crippen molar-refractivity contribution in [1.29, 1.82) is 0 Å². The lowest BCUT2D eigenvalue weighted by atomic mass is 10.1.